The van der Waals surface area contributed by atoms with E-state index in [4.69, 9.17) is 0 Å². The molecule has 0 bridgehead atoms. The fourth-order valence-corrected chi connectivity index (χ4v) is 4.63. The third-order valence-electron chi connectivity index (χ3n) is 5.73. The van der Waals surface area contributed by atoms with Gasteiger partial charge in [-0.15, -0.1) is 0 Å². The summed E-state index contributed by atoms with van der Waals surface area (Å²) in [7, 11) is 0. The van der Waals surface area contributed by atoms with Crippen molar-refractivity contribution in [3.8, 4) is 0 Å². The second-order valence-corrected chi connectivity index (χ2v) is 9.25. The van der Waals surface area contributed by atoms with Crippen LogP contribution in [0.15, 0.2) is 42.5 Å². The van der Waals surface area contributed by atoms with Crippen molar-refractivity contribution in [1.29, 1.82) is 0 Å². The Labute approximate surface area is 195 Å². The molecule has 176 valence electrons. The van der Waals surface area contributed by atoms with Gasteiger partial charge in [0.05, 0.1) is 0 Å². The molecule has 2 atom stereocenters. The Kier molecular flexibility index (Phi) is 8.22. The predicted octanol–water partition coefficient (Wildman–Crippen LogP) is 4.01. The van der Waals surface area contributed by atoms with Gasteiger partial charge in [0.15, 0.2) is 0 Å². The number of carbonyl (C=O) groups is 3. The minimum Gasteiger partial charge on any atom is -0.348 e. The van der Waals surface area contributed by atoms with Gasteiger partial charge in [-0.2, -0.15) is 0 Å². The van der Waals surface area contributed by atoms with Gasteiger partial charge in [-0.05, 0) is 47.6 Å². The van der Waals surface area contributed by atoms with Crippen molar-refractivity contribution < 1.29 is 14.4 Å². The Hall–Kier alpha value is -3.19. The summed E-state index contributed by atoms with van der Waals surface area (Å²) in [6.45, 7) is 10.8. The second-order valence-electron chi connectivity index (χ2n) is 9.25. The lowest BCUT2D eigenvalue weighted by molar-refractivity contribution is -0.115. The van der Waals surface area contributed by atoms with Crippen LogP contribution in [0.25, 0.3) is 0 Å². The van der Waals surface area contributed by atoms with Crippen molar-refractivity contribution in [1.82, 2.24) is 10.2 Å². The Morgan fingerprint density at radius 2 is 1.42 bits per heavy atom. The largest absolute Gasteiger partial charge is 0.348 e. The lowest BCUT2D eigenvalue weighted by Gasteiger charge is -2.35. The molecule has 7 heteroatoms. The molecule has 3 rings (SSSR count). The molecule has 2 aromatic carbocycles. The molecule has 1 aliphatic heterocycles. The van der Waals surface area contributed by atoms with Crippen LogP contribution in [0.2, 0.25) is 0 Å². The zero-order chi connectivity index (χ0) is 24.0. The topological polar surface area (TPSA) is 90.5 Å². The van der Waals surface area contributed by atoms with Gasteiger partial charge < -0.3 is 16.0 Å². The van der Waals surface area contributed by atoms with E-state index in [1.165, 1.54) is 25.8 Å². The molecule has 3 amide bonds. The quantitative estimate of drug-likeness (QED) is 0.594. The lowest BCUT2D eigenvalue weighted by Crippen LogP contribution is -2.38. The van der Waals surface area contributed by atoms with Crippen LogP contribution >= 0.6 is 0 Å². The molecule has 1 aliphatic rings. The molecule has 3 N–H and O–H groups in total. The van der Waals surface area contributed by atoms with E-state index in [1.807, 2.05) is 18.2 Å². The summed E-state index contributed by atoms with van der Waals surface area (Å²) in [5.74, 6) is 0.598. The Morgan fingerprint density at radius 1 is 0.879 bits per heavy atom. The molecular formula is C26H34N4O3. The van der Waals surface area contributed by atoms with Crippen LogP contribution in [0.1, 0.15) is 55.6 Å². The molecule has 1 saturated heterocycles. The molecule has 7 nitrogen and oxygen atoms in total. The van der Waals surface area contributed by atoms with E-state index in [0.29, 0.717) is 35.3 Å². The molecule has 0 saturated carbocycles. The average Bonchev–Trinajstić information content (AvgIpc) is 2.71. The number of benzene rings is 2. The number of hydrogen-bond acceptors (Lipinski definition) is 4. The van der Waals surface area contributed by atoms with Crippen LogP contribution in [0, 0.1) is 11.8 Å². The van der Waals surface area contributed by atoms with Gasteiger partial charge in [0.2, 0.25) is 11.8 Å². The molecule has 0 spiro atoms. The molecule has 1 heterocycles. The molecule has 1 fully saturated rings. The van der Waals surface area contributed by atoms with Gasteiger partial charge >= 0.3 is 0 Å². The second kappa shape index (κ2) is 11.1. The zero-order valence-corrected chi connectivity index (χ0v) is 19.9. The van der Waals surface area contributed by atoms with Crippen LogP contribution in [0.3, 0.4) is 0 Å². The summed E-state index contributed by atoms with van der Waals surface area (Å²) in [4.78, 5) is 38.4. The maximum atomic E-state index is 12.9. The normalized spacial score (nSPS) is 18.4. The molecular weight excluding hydrogens is 416 g/mol. The van der Waals surface area contributed by atoms with Gasteiger partial charge in [0.25, 0.3) is 5.91 Å². The Balaban J connectivity index is 1.72. The lowest BCUT2D eigenvalue weighted by atomic mass is 9.91. The van der Waals surface area contributed by atoms with Crippen molar-refractivity contribution >= 4 is 29.1 Å². The van der Waals surface area contributed by atoms with E-state index in [2.05, 4.69) is 40.8 Å². The van der Waals surface area contributed by atoms with Crippen molar-refractivity contribution in [2.24, 2.45) is 11.8 Å². The highest BCUT2D eigenvalue weighted by Crippen LogP contribution is 2.24. The molecule has 0 aromatic heterocycles. The fourth-order valence-electron chi connectivity index (χ4n) is 4.63. The number of amides is 3. The van der Waals surface area contributed by atoms with Crippen LogP contribution in [-0.2, 0) is 22.7 Å². The number of anilines is 2. The molecule has 0 aliphatic carbocycles. The maximum absolute atomic E-state index is 12.9. The molecule has 33 heavy (non-hydrogen) atoms. The van der Waals surface area contributed by atoms with Crippen LogP contribution in [0.5, 0.6) is 0 Å². The summed E-state index contributed by atoms with van der Waals surface area (Å²) >= 11 is 0. The highest BCUT2D eigenvalue weighted by atomic mass is 16.2. The highest BCUT2D eigenvalue weighted by molar-refractivity contribution is 5.99. The first-order chi connectivity index (χ1) is 15.7. The van der Waals surface area contributed by atoms with E-state index in [0.717, 1.165) is 25.2 Å². The van der Waals surface area contributed by atoms with Crippen molar-refractivity contribution in [2.75, 3.05) is 23.7 Å². The van der Waals surface area contributed by atoms with Gasteiger partial charge in [-0.3, -0.25) is 19.3 Å². The van der Waals surface area contributed by atoms with E-state index in [1.54, 1.807) is 18.2 Å². The van der Waals surface area contributed by atoms with Crippen molar-refractivity contribution in [3.05, 3.63) is 59.2 Å². The Bertz CT molecular complexity index is 976. The Morgan fingerprint density at radius 3 is 1.97 bits per heavy atom. The van der Waals surface area contributed by atoms with Gasteiger partial charge in [0, 0.05) is 57.0 Å². The third-order valence-corrected chi connectivity index (χ3v) is 5.73. The summed E-state index contributed by atoms with van der Waals surface area (Å²) in [5.41, 5.74) is 3.56. The van der Waals surface area contributed by atoms with Crippen LogP contribution in [-0.4, -0.2) is 35.7 Å². The maximum Gasteiger partial charge on any atom is 0.251 e. The average molecular weight is 451 g/mol. The molecule has 2 unspecified atom stereocenters. The molecule has 0 radical (unpaired) electrons. The first-order valence-electron chi connectivity index (χ1n) is 11.5. The van der Waals surface area contributed by atoms with E-state index >= 15 is 0 Å². The van der Waals surface area contributed by atoms with Crippen LogP contribution in [0.4, 0.5) is 11.4 Å². The third kappa shape index (κ3) is 7.43. The summed E-state index contributed by atoms with van der Waals surface area (Å²) in [6, 6.07) is 13.0. The van der Waals surface area contributed by atoms with Gasteiger partial charge in [0.1, 0.15) is 0 Å². The number of carbonyl (C=O) groups excluding carboxylic acids is 3. The first-order valence-corrected chi connectivity index (χ1v) is 11.5. The first kappa shape index (κ1) is 24.5. The molecule has 2 aromatic rings. The zero-order valence-electron chi connectivity index (χ0n) is 19.9. The van der Waals surface area contributed by atoms with Crippen LogP contribution < -0.4 is 16.0 Å². The standard InChI is InChI=1S/C26H34N4O3/c1-17-9-18(2)15-30(14-17)16-22-8-6-5-7-21(22)13-27-26(33)23-10-24(28-19(3)31)12-25(11-23)29-20(4)32/h5-8,10-12,17-18H,9,13-16H2,1-4H3,(H,27,33)(H,28,31)(H,29,32). The summed E-state index contributed by atoms with van der Waals surface area (Å²) in [6.07, 6.45) is 1.27. The number of rotatable bonds is 7. The van der Waals surface area contributed by atoms with E-state index < -0.39 is 0 Å². The van der Waals surface area contributed by atoms with Gasteiger partial charge in [-0.25, -0.2) is 0 Å². The smallest absolute Gasteiger partial charge is 0.251 e. The number of nitrogens with zero attached hydrogens (tertiary/aromatic N) is 1. The number of hydrogen-bond donors (Lipinski definition) is 3. The number of nitrogens with one attached hydrogen (secondary N) is 3. The van der Waals surface area contributed by atoms with E-state index in [9.17, 15) is 14.4 Å². The monoisotopic (exact) mass is 450 g/mol. The fraction of sp³-hybridized carbons (Fsp3) is 0.423. The minimum absolute atomic E-state index is 0.253. The SMILES string of the molecule is CC(=O)Nc1cc(NC(C)=O)cc(C(=O)NCc2ccccc2CN2CC(C)CC(C)C2)c1. The number of piperidine rings is 1. The van der Waals surface area contributed by atoms with Crippen molar-refractivity contribution in [2.45, 2.75) is 47.2 Å². The van der Waals surface area contributed by atoms with Crippen molar-refractivity contribution in [3.63, 3.8) is 0 Å². The highest BCUT2D eigenvalue weighted by Gasteiger charge is 2.22. The number of likely N-dealkylation sites (tertiary alicyclic amines) is 1. The van der Waals surface area contributed by atoms with Gasteiger partial charge in [-0.1, -0.05) is 38.1 Å². The summed E-state index contributed by atoms with van der Waals surface area (Å²) in [5, 5.41) is 8.34. The predicted molar refractivity (Wildman–Crippen MR) is 131 cm³/mol. The minimum atomic E-state index is -0.274. The summed E-state index contributed by atoms with van der Waals surface area (Å²) < 4.78 is 0. The van der Waals surface area contributed by atoms with E-state index in [-0.39, 0.29) is 17.7 Å².